The molecule has 0 aliphatic rings. The Morgan fingerprint density at radius 1 is 1.67 bits per heavy atom. The minimum Gasteiger partial charge on any atom is -0.502 e. The molecule has 4 nitrogen and oxygen atoms in total. The Balaban J connectivity index is 3.18. The first kappa shape index (κ1) is 8.80. The molecule has 0 atom stereocenters. The minimum absolute atomic E-state index is 0.237. The molecule has 0 bridgehead atoms. The van der Waals surface area contributed by atoms with E-state index in [1.165, 1.54) is 13.2 Å². The van der Waals surface area contributed by atoms with Crippen molar-refractivity contribution >= 4 is 0 Å². The van der Waals surface area contributed by atoms with Crippen LogP contribution in [0.4, 0.5) is 0 Å². The maximum atomic E-state index is 11.2. The Hall–Kier alpha value is -1.29. The lowest BCUT2D eigenvalue weighted by atomic mass is 10.2. The highest BCUT2D eigenvalue weighted by atomic mass is 16.4. The van der Waals surface area contributed by atoms with Gasteiger partial charge in [0.1, 0.15) is 5.76 Å². The summed E-state index contributed by atoms with van der Waals surface area (Å²) >= 11 is 0. The number of aromatic hydroxyl groups is 1. The van der Waals surface area contributed by atoms with Crippen molar-refractivity contribution in [2.75, 3.05) is 6.54 Å². The summed E-state index contributed by atoms with van der Waals surface area (Å²) in [6.07, 6.45) is 1.76. The molecule has 1 rings (SSSR count). The van der Waals surface area contributed by atoms with E-state index in [0.29, 0.717) is 18.5 Å². The Labute approximate surface area is 69.6 Å². The normalized spacial score (nSPS) is 10.2. The van der Waals surface area contributed by atoms with Gasteiger partial charge >= 0.3 is 0 Å². The summed E-state index contributed by atoms with van der Waals surface area (Å²) < 4.78 is 4.92. The lowest BCUT2D eigenvalue weighted by Gasteiger charge is -1.99. The van der Waals surface area contributed by atoms with Gasteiger partial charge in [0.25, 0.3) is 0 Å². The van der Waals surface area contributed by atoms with Crippen LogP contribution in [0.15, 0.2) is 15.5 Å². The third-order valence-electron chi connectivity index (χ3n) is 1.63. The first-order valence-corrected chi connectivity index (χ1v) is 3.67. The zero-order valence-electron chi connectivity index (χ0n) is 6.83. The van der Waals surface area contributed by atoms with Crippen LogP contribution in [-0.2, 0) is 6.42 Å². The van der Waals surface area contributed by atoms with Crippen LogP contribution in [0.5, 0.6) is 5.75 Å². The van der Waals surface area contributed by atoms with Crippen molar-refractivity contribution in [1.29, 1.82) is 0 Å². The summed E-state index contributed by atoms with van der Waals surface area (Å²) in [4.78, 5) is 11.2. The molecule has 0 saturated carbocycles. The van der Waals surface area contributed by atoms with Gasteiger partial charge in [0, 0.05) is 5.56 Å². The third kappa shape index (κ3) is 1.48. The molecule has 0 aromatic carbocycles. The van der Waals surface area contributed by atoms with Crippen molar-refractivity contribution in [3.8, 4) is 5.75 Å². The van der Waals surface area contributed by atoms with Gasteiger partial charge in [-0.3, -0.25) is 4.79 Å². The Bertz CT molecular complexity index is 330. The van der Waals surface area contributed by atoms with Gasteiger partial charge in [-0.05, 0) is 19.9 Å². The van der Waals surface area contributed by atoms with Crippen molar-refractivity contribution in [2.45, 2.75) is 13.3 Å². The summed E-state index contributed by atoms with van der Waals surface area (Å²) in [6, 6.07) is 0. The second-order valence-corrected chi connectivity index (χ2v) is 2.53. The minimum atomic E-state index is -0.385. The molecule has 1 aromatic heterocycles. The number of nitrogens with two attached hydrogens (primary N) is 1. The first-order chi connectivity index (χ1) is 5.66. The zero-order valence-corrected chi connectivity index (χ0v) is 6.83. The van der Waals surface area contributed by atoms with E-state index in [1.807, 2.05) is 0 Å². The molecule has 0 saturated heterocycles. The second kappa shape index (κ2) is 3.40. The average molecular weight is 169 g/mol. The van der Waals surface area contributed by atoms with Crippen LogP contribution in [0.25, 0.3) is 0 Å². The summed E-state index contributed by atoms with van der Waals surface area (Å²) in [5, 5.41) is 9.17. The average Bonchev–Trinajstić information content (AvgIpc) is 2.07. The summed E-state index contributed by atoms with van der Waals surface area (Å²) in [5.74, 6) is -0.0817. The van der Waals surface area contributed by atoms with Crippen LogP contribution in [0.2, 0.25) is 0 Å². The van der Waals surface area contributed by atoms with Crippen molar-refractivity contribution in [2.24, 2.45) is 5.73 Å². The molecule has 12 heavy (non-hydrogen) atoms. The Morgan fingerprint density at radius 2 is 2.33 bits per heavy atom. The molecule has 3 N–H and O–H groups in total. The van der Waals surface area contributed by atoms with E-state index in [1.54, 1.807) is 0 Å². The summed E-state index contributed by atoms with van der Waals surface area (Å²) in [6.45, 7) is 1.90. The highest BCUT2D eigenvalue weighted by Gasteiger charge is 2.07. The van der Waals surface area contributed by atoms with Crippen LogP contribution in [0.3, 0.4) is 0 Å². The molecule has 0 radical (unpaired) electrons. The van der Waals surface area contributed by atoms with Gasteiger partial charge in [0.15, 0.2) is 0 Å². The number of aryl methyl sites for hydroxylation is 1. The van der Waals surface area contributed by atoms with Gasteiger partial charge < -0.3 is 15.3 Å². The monoisotopic (exact) mass is 169 g/mol. The Morgan fingerprint density at radius 3 is 2.92 bits per heavy atom. The van der Waals surface area contributed by atoms with Gasteiger partial charge in [0.2, 0.25) is 11.2 Å². The maximum Gasteiger partial charge on any atom is 0.229 e. The van der Waals surface area contributed by atoms with Gasteiger partial charge in [0.05, 0.1) is 6.26 Å². The highest BCUT2D eigenvalue weighted by Crippen LogP contribution is 2.10. The second-order valence-electron chi connectivity index (χ2n) is 2.53. The molecule has 1 aromatic rings. The molecule has 0 amide bonds. The van der Waals surface area contributed by atoms with E-state index in [9.17, 15) is 4.79 Å². The fourth-order valence-corrected chi connectivity index (χ4v) is 0.909. The molecule has 0 aliphatic heterocycles. The van der Waals surface area contributed by atoms with Crippen LogP contribution in [0.1, 0.15) is 11.3 Å². The van der Waals surface area contributed by atoms with Crippen molar-refractivity contribution in [3.63, 3.8) is 0 Å². The number of hydrogen-bond acceptors (Lipinski definition) is 4. The predicted molar refractivity (Wildman–Crippen MR) is 44.1 cm³/mol. The van der Waals surface area contributed by atoms with E-state index in [2.05, 4.69) is 0 Å². The van der Waals surface area contributed by atoms with Crippen LogP contribution < -0.4 is 11.2 Å². The number of hydrogen-bond donors (Lipinski definition) is 2. The van der Waals surface area contributed by atoms with Gasteiger partial charge in [-0.15, -0.1) is 0 Å². The van der Waals surface area contributed by atoms with Crippen LogP contribution in [-0.4, -0.2) is 11.7 Å². The maximum absolute atomic E-state index is 11.2. The van der Waals surface area contributed by atoms with Gasteiger partial charge in [-0.1, -0.05) is 0 Å². The Kier molecular flexibility index (Phi) is 2.50. The number of rotatable bonds is 2. The van der Waals surface area contributed by atoms with E-state index in [0.717, 1.165) is 0 Å². The van der Waals surface area contributed by atoms with Crippen molar-refractivity contribution in [3.05, 3.63) is 27.8 Å². The smallest absolute Gasteiger partial charge is 0.229 e. The van der Waals surface area contributed by atoms with Crippen LogP contribution >= 0.6 is 0 Å². The molecular formula is C8H11NO3. The van der Waals surface area contributed by atoms with Crippen molar-refractivity contribution in [1.82, 2.24) is 0 Å². The van der Waals surface area contributed by atoms with E-state index >= 15 is 0 Å². The first-order valence-electron chi connectivity index (χ1n) is 3.67. The molecular weight excluding hydrogens is 158 g/mol. The standard InChI is InChI=1S/C8H11NO3/c1-5-7(10)8(11)6(2-3-9)4-12-5/h4,10H,2-3,9H2,1H3. The molecule has 0 aliphatic carbocycles. The largest absolute Gasteiger partial charge is 0.502 e. The topological polar surface area (TPSA) is 76.5 Å². The third-order valence-corrected chi connectivity index (χ3v) is 1.63. The summed E-state index contributed by atoms with van der Waals surface area (Å²) in [5.41, 5.74) is 5.29. The molecule has 1 heterocycles. The van der Waals surface area contributed by atoms with Gasteiger partial charge in [-0.2, -0.15) is 0 Å². The quantitative estimate of drug-likeness (QED) is 0.661. The predicted octanol–water partition coefficient (Wildman–Crippen LogP) is 0.155. The SMILES string of the molecule is Cc1occ(CCN)c(=O)c1O. The summed E-state index contributed by atoms with van der Waals surface area (Å²) in [7, 11) is 0. The van der Waals surface area contributed by atoms with Crippen molar-refractivity contribution < 1.29 is 9.52 Å². The molecule has 4 heteroatoms. The van der Waals surface area contributed by atoms with E-state index in [-0.39, 0.29) is 16.9 Å². The molecule has 0 fully saturated rings. The highest BCUT2D eigenvalue weighted by molar-refractivity contribution is 5.26. The molecule has 0 spiro atoms. The zero-order chi connectivity index (χ0) is 9.14. The fourth-order valence-electron chi connectivity index (χ4n) is 0.909. The fraction of sp³-hybridized carbons (Fsp3) is 0.375. The van der Waals surface area contributed by atoms with E-state index < -0.39 is 0 Å². The van der Waals surface area contributed by atoms with E-state index in [4.69, 9.17) is 15.3 Å². The lowest BCUT2D eigenvalue weighted by Crippen LogP contribution is -2.13. The molecule has 0 unspecified atom stereocenters. The van der Waals surface area contributed by atoms with Crippen LogP contribution in [0, 0.1) is 6.92 Å². The molecule has 66 valence electrons. The lowest BCUT2D eigenvalue weighted by molar-refractivity contribution is 0.408. The van der Waals surface area contributed by atoms with Gasteiger partial charge in [-0.25, -0.2) is 0 Å².